The van der Waals surface area contributed by atoms with Gasteiger partial charge in [0.25, 0.3) is 0 Å². The first-order valence-electron chi connectivity index (χ1n) is 10.3. The number of aliphatic hydroxyl groups is 1. The minimum absolute atomic E-state index is 0.00835. The molecule has 0 aliphatic carbocycles. The monoisotopic (exact) mass is 428 g/mol. The average molecular weight is 429 g/mol. The van der Waals surface area contributed by atoms with Crippen LogP contribution < -0.4 is 10.6 Å². The molecule has 1 aromatic carbocycles. The molecule has 0 fully saturated rings. The first-order chi connectivity index (χ1) is 15.7. The molecule has 3 heterocycles. The van der Waals surface area contributed by atoms with Gasteiger partial charge in [0.15, 0.2) is 0 Å². The molecule has 1 atom stereocenters. The number of benzene rings is 1. The van der Waals surface area contributed by atoms with E-state index in [4.69, 9.17) is 10.5 Å². The molecule has 32 heavy (non-hydrogen) atoms. The lowest BCUT2D eigenvalue weighted by Gasteiger charge is -2.15. The molecule has 0 spiro atoms. The van der Waals surface area contributed by atoms with E-state index in [9.17, 15) is 0 Å². The number of rotatable bonds is 9. The van der Waals surface area contributed by atoms with Crippen molar-refractivity contribution in [1.29, 1.82) is 5.41 Å². The molecule has 0 amide bonds. The van der Waals surface area contributed by atoms with Gasteiger partial charge in [-0.25, -0.2) is 15.0 Å². The van der Waals surface area contributed by atoms with Crippen LogP contribution in [0.25, 0.3) is 22.3 Å². The van der Waals surface area contributed by atoms with E-state index in [1.165, 1.54) is 12.5 Å². The van der Waals surface area contributed by atoms with Crippen molar-refractivity contribution in [2.75, 3.05) is 30.3 Å². The van der Waals surface area contributed by atoms with Crippen LogP contribution in [0.1, 0.15) is 24.0 Å². The standard InChI is InChI=1S/C23H24N8O/c1-15(18-3-2-4-19-22(18)26-6-5-25-19)12-28-21-10-20(30-14-31-21)17-9-16(11-24)23(29-13-17)27-7-8-32/h2-6,9-11,13-15,24,32H,7-8,12H2,1H3,(H,27,29)(H,28,30,31). The Hall–Kier alpha value is -3.98. The van der Waals surface area contributed by atoms with Gasteiger partial charge < -0.3 is 21.1 Å². The number of hydrogen-bond donors (Lipinski definition) is 4. The second-order valence-electron chi connectivity index (χ2n) is 7.30. The van der Waals surface area contributed by atoms with Crippen molar-refractivity contribution >= 4 is 28.9 Å². The van der Waals surface area contributed by atoms with Gasteiger partial charge in [-0.1, -0.05) is 19.1 Å². The van der Waals surface area contributed by atoms with Crippen molar-refractivity contribution in [2.24, 2.45) is 0 Å². The second-order valence-corrected chi connectivity index (χ2v) is 7.30. The van der Waals surface area contributed by atoms with Crippen molar-refractivity contribution in [1.82, 2.24) is 24.9 Å². The Labute approximate surface area is 185 Å². The fraction of sp³-hybridized carbons (Fsp3) is 0.217. The van der Waals surface area contributed by atoms with Crippen molar-refractivity contribution < 1.29 is 5.11 Å². The Kier molecular flexibility index (Phi) is 6.57. The highest BCUT2D eigenvalue weighted by Crippen LogP contribution is 2.25. The highest BCUT2D eigenvalue weighted by atomic mass is 16.3. The summed E-state index contributed by atoms with van der Waals surface area (Å²) in [6.07, 6.45) is 7.84. The Bertz CT molecular complexity index is 1220. The van der Waals surface area contributed by atoms with E-state index in [0.717, 1.165) is 22.2 Å². The van der Waals surface area contributed by atoms with Gasteiger partial charge in [-0.2, -0.15) is 0 Å². The van der Waals surface area contributed by atoms with E-state index in [1.54, 1.807) is 18.6 Å². The summed E-state index contributed by atoms with van der Waals surface area (Å²) in [6, 6.07) is 9.73. The molecule has 0 saturated heterocycles. The number of pyridine rings is 1. The van der Waals surface area contributed by atoms with Gasteiger partial charge in [-0.15, -0.1) is 0 Å². The Morgan fingerprint density at radius 3 is 2.78 bits per heavy atom. The lowest BCUT2D eigenvalue weighted by Crippen LogP contribution is -2.12. The molecule has 9 heteroatoms. The summed E-state index contributed by atoms with van der Waals surface area (Å²) in [7, 11) is 0. The molecule has 0 bridgehead atoms. The molecule has 4 N–H and O–H groups in total. The maximum Gasteiger partial charge on any atom is 0.134 e. The second kappa shape index (κ2) is 9.88. The molecule has 0 aliphatic rings. The highest BCUT2D eigenvalue weighted by molar-refractivity contribution is 5.86. The van der Waals surface area contributed by atoms with Crippen LogP contribution in [0, 0.1) is 5.41 Å². The Morgan fingerprint density at radius 2 is 1.94 bits per heavy atom. The fourth-order valence-electron chi connectivity index (χ4n) is 3.45. The molecular formula is C23H24N8O. The number of para-hydroxylation sites is 1. The Balaban J connectivity index is 1.50. The van der Waals surface area contributed by atoms with Crippen LogP contribution in [0.15, 0.2) is 55.2 Å². The minimum atomic E-state index is -0.00835. The van der Waals surface area contributed by atoms with Gasteiger partial charge in [-0.05, 0) is 17.7 Å². The van der Waals surface area contributed by atoms with Gasteiger partial charge >= 0.3 is 0 Å². The summed E-state index contributed by atoms with van der Waals surface area (Å²) in [5.41, 5.74) is 5.02. The number of hydrogen-bond acceptors (Lipinski definition) is 9. The number of fused-ring (bicyclic) bond motifs is 1. The van der Waals surface area contributed by atoms with E-state index in [0.29, 0.717) is 36.0 Å². The van der Waals surface area contributed by atoms with Crippen LogP contribution in [0.2, 0.25) is 0 Å². The predicted molar refractivity (Wildman–Crippen MR) is 125 cm³/mol. The largest absolute Gasteiger partial charge is 0.395 e. The van der Waals surface area contributed by atoms with Crippen LogP contribution in [-0.2, 0) is 0 Å². The normalized spacial score (nSPS) is 11.8. The van der Waals surface area contributed by atoms with E-state index in [2.05, 4.69) is 48.5 Å². The zero-order valence-corrected chi connectivity index (χ0v) is 17.7. The molecule has 4 aromatic rings. The van der Waals surface area contributed by atoms with E-state index in [1.807, 2.05) is 24.3 Å². The SMILES string of the molecule is CC(CNc1cc(-c2cnc(NCCO)c(C=N)c2)ncn1)c1cccc2nccnc12. The Morgan fingerprint density at radius 1 is 1.06 bits per heavy atom. The van der Waals surface area contributed by atoms with E-state index >= 15 is 0 Å². The number of aromatic nitrogens is 5. The molecule has 9 nitrogen and oxygen atoms in total. The summed E-state index contributed by atoms with van der Waals surface area (Å²) < 4.78 is 0. The summed E-state index contributed by atoms with van der Waals surface area (Å²) >= 11 is 0. The summed E-state index contributed by atoms with van der Waals surface area (Å²) in [4.78, 5) is 21.9. The first-order valence-corrected chi connectivity index (χ1v) is 10.3. The third-order valence-corrected chi connectivity index (χ3v) is 5.09. The van der Waals surface area contributed by atoms with Gasteiger partial charge in [-0.3, -0.25) is 9.97 Å². The van der Waals surface area contributed by atoms with Crippen LogP contribution in [0.3, 0.4) is 0 Å². The van der Waals surface area contributed by atoms with Gasteiger partial charge in [0, 0.05) is 61.0 Å². The molecule has 0 aliphatic heterocycles. The molecule has 0 radical (unpaired) electrons. The summed E-state index contributed by atoms with van der Waals surface area (Å²) in [5, 5.41) is 23.0. The van der Waals surface area contributed by atoms with Crippen LogP contribution in [0.5, 0.6) is 0 Å². The van der Waals surface area contributed by atoms with Crippen LogP contribution in [-0.4, -0.2) is 55.9 Å². The van der Waals surface area contributed by atoms with Crippen LogP contribution >= 0.6 is 0 Å². The number of nitrogens with one attached hydrogen (secondary N) is 3. The molecule has 1 unspecified atom stereocenters. The molecule has 3 aromatic heterocycles. The zero-order valence-electron chi connectivity index (χ0n) is 17.7. The molecular weight excluding hydrogens is 404 g/mol. The summed E-state index contributed by atoms with van der Waals surface area (Å²) in [5.74, 6) is 1.45. The van der Waals surface area contributed by atoms with Gasteiger partial charge in [0.05, 0.1) is 23.3 Å². The molecule has 0 saturated carbocycles. The number of nitrogens with zero attached hydrogens (tertiary/aromatic N) is 5. The summed E-state index contributed by atoms with van der Waals surface area (Å²) in [6.45, 7) is 3.16. The maximum atomic E-state index is 8.99. The quantitative estimate of drug-likeness (QED) is 0.299. The zero-order chi connectivity index (χ0) is 22.3. The van der Waals surface area contributed by atoms with Crippen molar-refractivity contribution in [2.45, 2.75) is 12.8 Å². The van der Waals surface area contributed by atoms with Crippen molar-refractivity contribution in [3.8, 4) is 11.3 Å². The predicted octanol–water partition coefficient (Wildman–Crippen LogP) is 3.10. The first kappa shape index (κ1) is 21.3. The number of aliphatic hydroxyl groups excluding tert-OH is 1. The van der Waals surface area contributed by atoms with Crippen molar-refractivity contribution in [3.05, 3.63) is 66.4 Å². The van der Waals surface area contributed by atoms with Gasteiger partial charge in [0.1, 0.15) is 18.0 Å². The topological polar surface area (TPSA) is 133 Å². The third-order valence-electron chi connectivity index (χ3n) is 5.09. The highest BCUT2D eigenvalue weighted by Gasteiger charge is 2.12. The fourth-order valence-corrected chi connectivity index (χ4v) is 3.45. The third kappa shape index (κ3) is 4.68. The van der Waals surface area contributed by atoms with Crippen LogP contribution in [0.4, 0.5) is 11.6 Å². The maximum absolute atomic E-state index is 8.99. The van der Waals surface area contributed by atoms with Crippen molar-refractivity contribution in [3.63, 3.8) is 0 Å². The lowest BCUT2D eigenvalue weighted by atomic mass is 9.99. The minimum Gasteiger partial charge on any atom is -0.395 e. The van der Waals surface area contributed by atoms with Gasteiger partial charge in [0.2, 0.25) is 0 Å². The molecule has 162 valence electrons. The van der Waals surface area contributed by atoms with E-state index < -0.39 is 0 Å². The lowest BCUT2D eigenvalue weighted by molar-refractivity contribution is 0.311. The number of anilines is 2. The average Bonchev–Trinajstić information content (AvgIpc) is 2.85. The smallest absolute Gasteiger partial charge is 0.134 e. The molecule has 4 rings (SSSR count). The van der Waals surface area contributed by atoms with E-state index in [-0.39, 0.29) is 12.5 Å².